The Morgan fingerprint density at radius 3 is 2.49 bits per heavy atom. The first-order chi connectivity index (χ1) is 19.7. The average molecular weight is 565 g/mol. The number of imidazole rings is 1. The number of H-pyrrole nitrogens is 1. The number of nitrogens with one attached hydrogen (secondary N) is 2. The second kappa shape index (κ2) is 15.5. The van der Waals surface area contributed by atoms with E-state index in [1.165, 1.54) is 12.1 Å². The van der Waals surface area contributed by atoms with E-state index in [-0.39, 0.29) is 17.2 Å². The number of benzene rings is 2. The van der Waals surface area contributed by atoms with E-state index in [4.69, 9.17) is 4.74 Å². The van der Waals surface area contributed by atoms with Gasteiger partial charge in [0.25, 0.3) is 5.69 Å². The maximum Gasteiger partial charge on any atom is 0.339 e. The normalized spacial score (nSPS) is 12.5. The number of hydrogen-bond donors (Lipinski definition) is 3. The quantitative estimate of drug-likeness (QED) is 0.0920. The summed E-state index contributed by atoms with van der Waals surface area (Å²) in [4.78, 5) is 43.4. The Morgan fingerprint density at radius 1 is 1.10 bits per heavy atom. The van der Waals surface area contributed by atoms with E-state index in [0.717, 1.165) is 44.1 Å². The molecule has 220 valence electrons. The molecule has 3 N–H and O–H groups in total. The smallest absolute Gasteiger partial charge is 0.339 e. The molecule has 1 aromatic heterocycles. The Bertz CT molecular complexity index is 1300. The summed E-state index contributed by atoms with van der Waals surface area (Å²) < 4.78 is 5.72. The molecule has 3 aromatic rings. The molecule has 0 aliphatic carbocycles. The van der Waals surface area contributed by atoms with E-state index in [1.807, 2.05) is 6.92 Å². The second-order valence-corrected chi connectivity index (χ2v) is 10.2. The predicted octanol–water partition coefficient (Wildman–Crippen LogP) is 6.87. The number of hydrogen-bond acceptors (Lipinski definition) is 6. The number of unbranched alkanes of at least 4 members (excludes halogenated alkanes) is 1. The first-order valence-corrected chi connectivity index (χ1v) is 14.3. The molecule has 0 saturated carbocycles. The molecule has 1 amide bonds. The van der Waals surface area contributed by atoms with Crippen molar-refractivity contribution in [1.82, 2.24) is 15.3 Å². The van der Waals surface area contributed by atoms with Gasteiger partial charge in [0.15, 0.2) is 0 Å². The highest BCUT2D eigenvalue weighted by atomic mass is 16.6. The van der Waals surface area contributed by atoms with Crippen molar-refractivity contribution in [1.29, 1.82) is 0 Å². The molecule has 0 spiro atoms. The number of carboxylic acids is 1. The SMILES string of the molecule is CCCCOc1ccc(C(Cc2ncc(-c3ccc([N+](=O)[O-])cc3)[nH]2)NC(=O)CCC(CC)CCC)cc1C(=O)O. The van der Waals surface area contributed by atoms with E-state index in [2.05, 4.69) is 29.1 Å². The summed E-state index contributed by atoms with van der Waals surface area (Å²) in [5.41, 5.74) is 2.08. The fourth-order valence-electron chi connectivity index (χ4n) is 4.77. The minimum atomic E-state index is -1.10. The fourth-order valence-corrected chi connectivity index (χ4v) is 4.77. The van der Waals surface area contributed by atoms with Gasteiger partial charge in [0.2, 0.25) is 5.91 Å². The Labute approximate surface area is 240 Å². The van der Waals surface area contributed by atoms with Crippen molar-refractivity contribution in [2.24, 2.45) is 5.92 Å². The molecular weight excluding hydrogens is 524 g/mol. The van der Waals surface area contributed by atoms with Gasteiger partial charge < -0.3 is 20.1 Å². The van der Waals surface area contributed by atoms with Crippen LogP contribution in [-0.4, -0.2) is 38.5 Å². The number of nitrogens with zero attached hydrogens (tertiary/aromatic N) is 2. The third-order valence-electron chi connectivity index (χ3n) is 7.20. The van der Waals surface area contributed by atoms with E-state index in [0.29, 0.717) is 48.2 Å². The minimum Gasteiger partial charge on any atom is -0.493 e. The predicted molar refractivity (Wildman–Crippen MR) is 157 cm³/mol. The maximum atomic E-state index is 13.1. The molecule has 0 aliphatic heterocycles. The van der Waals surface area contributed by atoms with Crippen molar-refractivity contribution < 1.29 is 24.4 Å². The zero-order valence-corrected chi connectivity index (χ0v) is 24.0. The van der Waals surface area contributed by atoms with Gasteiger partial charge in [-0.05, 0) is 48.6 Å². The van der Waals surface area contributed by atoms with Crippen LogP contribution in [0.4, 0.5) is 5.69 Å². The van der Waals surface area contributed by atoms with E-state index < -0.39 is 16.9 Å². The number of aromatic amines is 1. The first-order valence-electron chi connectivity index (χ1n) is 14.3. The number of rotatable bonds is 17. The monoisotopic (exact) mass is 564 g/mol. The van der Waals surface area contributed by atoms with Crippen molar-refractivity contribution in [3.63, 3.8) is 0 Å². The number of carbonyl (C=O) groups excluding carboxylic acids is 1. The molecule has 0 radical (unpaired) electrons. The molecule has 2 atom stereocenters. The van der Waals surface area contributed by atoms with Gasteiger partial charge in [-0.15, -0.1) is 0 Å². The van der Waals surface area contributed by atoms with Crippen LogP contribution >= 0.6 is 0 Å². The molecule has 0 aliphatic rings. The number of non-ortho nitro benzene ring substituents is 1. The standard InChI is InChI=1S/C31H40N4O6/c1-4-7-17-41-28-15-12-23(18-25(28)31(37)38)26(34-30(36)16-9-21(6-3)8-5-2)19-29-32-20-27(33-29)22-10-13-24(14-11-22)35(39)40/h10-15,18,20-21,26H,4-9,16-17,19H2,1-3H3,(H,32,33)(H,34,36)(H,37,38). The zero-order chi connectivity index (χ0) is 29.8. The van der Waals surface area contributed by atoms with E-state index >= 15 is 0 Å². The zero-order valence-electron chi connectivity index (χ0n) is 24.0. The topological polar surface area (TPSA) is 147 Å². The van der Waals surface area contributed by atoms with Crippen molar-refractivity contribution in [3.05, 3.63) is 75.7 Å². The Balaban J connectivity index is 1.86. The van der Waals surface area contributed by atoms with Crippen LogP contribution in [0.15, 0.2) is 48.7 Å². The van der Waals surface area contributed by atoms with Crippen LogP contribution in [0.3, 0.4) is 0 Å². The number of nitro benzene ring substituents is 1. The van der Waals surface area contributed by atoms with Gasteiger partial charge in [0, 0.05) is 30.5 Å². The Hall–Kier alpha value is -4.21. The summed E-state index contributed by atoms with van der Waals surface area (Å²) in [6.45, 7) is 6.73. The lowest BCUT2D eigenvalue weighted by molar-refractivity contribution is -0.384. The van der Waals surface area contributed by atoms with Crippen molar-refractivity contribution in [2.75, 3.05) is 6.61 Å². The lowest BCUT2D eigenvalue weighted by Crippen LogP contribution is -2.30. The molecule has 1 heterocycles. The van der Waals surface area contributed by atoms with Crippen LogP contribution < -0.4 is 10.1 Å². The average Bonchev–Trinajstić information content (AvgIpc) is 3.43. The molecule has 2 aromatic carbocycles. The van der Waals surface area contributed by atoms with Crippen LogP contribution in [-0.2, 0) is 11.2 Å². The second-order valence-electron chi connectivity index (χ2n) is 10.2. The van der Waals surface area contributed by atoms with Crippen LogP contribution in [0.1, 0.15) is 93.5 Å². The number of ether oxygens (including phenoxy) is 1. The van der Waals surface area contributed by atoms with Gasteiger partial charge in [-0.25, -0.2) is 9.78 Å². The van der Waals surface area contributed by atoms with Crippen LogP contribution in [0, 0.1) is 16.0 Å². The molecule has 0 fully saturated rings. The number of amides is 1. The number of nitro groups is 1. The van der Waals surface area contributed by atoms with Crippen LogP contribution in [0.5, 0.6) is 5.75 Å². The molecule has 10 nitrogen and oxygen atoms in total. The summed E-state index contributed by atoms with van der Waals surface area (Å²) in [5, 5.41) is 24.0. The van der Waals surface area contributed by atoms with Gasteiger partial charge >= 0.3 is 5.97 Å². The molecule has 0 bridgehead atoms. The van der Waals surface area contributed by atoms with Crippen molar-refractivity contribution in [3.8, 4) is 17.0 Å². The molecule has 41 heavy (non-hydrogen) atoms. The Morgan fingerprint density at radius 2 is 1.85 bits per heavy atom. The summed E-state index contributed by atoms with van der Waals surface area (Å²) in [7, 11) is 0. The molecule has 10 heteroatoms. The summed E-state index contributed by atoms with van der Waals surface area (Å²) in [6.07, 6.45) is 8.00. The van der Waals surface area contributed by atoms with E-state index in [9.17, 15) is 24.8 Å². The largest absolute Gasteiger partial charge is 0.493 e. The van der Waals surface area contributed by atoms with Gasteiger partial charge in [0.05, 0.1) is 29.5 Å². The number of aromatic nitrogens is 2. The van der Waals surface area contributed by atoms with Gasteiger partial charge in [0.1, 0.15) is 17.1 Å². The highest BCUT2D eigenvalue weighted by Gasteiger charge is 2.22. The number of aromatic carboxylic acids is 1. The third-order valence-corrected chi connectivity index (χ3v) is 7.20. The van der Waals surface area contributed by atoms with Crippen molar-refractivity contribution >= 4 is 17.6 Å². The van der Waals surface area contributed by atoms with Gasteiger partial charge in [-0.1, -0.05) is 52.5 Å². The maximum absolute atomic E-state index is 13.1. The third kappa shape index (κ3) is 9.16. The summed E-state index contributed by atoms with van der Waals surface area (Å²) in [6, 6.07) is 10.6. The first kappa shape index (κ1) is 31.3. The highest BCUT2D eigenvalue weighted by molar-refractivity contribution is 5.91. The fraction of sp³-hybridized carbons (Fsp3) is 0.452. The van der Waals surface area contributed by atoms with Crippen LogP contribution in [0.2, 0.25) is 0 Å². The molecule has 2 unspecified atom stereocenters. The molecule has 0 saturated heterocycles. The summed E-state index contributed by atoms with van der Waals surface area (Å²) in [5.74, 6) is 0.153. The minimum absolute atomic E-state index is 0.00290. The van der Waals surface area contributed by atoms with Gasteiger partial charge in [-0.2, -0.15) is 0 Å². The lowest BCUT2D eigenvalue weighted by atomic mass is 9.95. The van der Waals surface area contributed by atoms with Crippen LogP contribution in [0.25, 0.3) is 11.3 Å². The number of carbonyl (C=O) groups is 2. The van der Waals surface area contributed by atoms with E-state index in [1.54, 1.807) is 36.5 Å². The molecular formula is C31H40N4O6. The highest BCUT2D eigenvalue weighted by Crippen LogP contribution is 2.28. The van der Waals surface area contributed by atoms with Gasteiger partial charge in [-0.3, -0.25) is 14.9 Å². The lowest BCUT2D eigenvalue weighted by Gasteiger charge is -2.21. The van der Waals surface area contributed by atoms with Crippen molar-refractivity contribution in [2.45, 2.75) is 78.2 Å². The summed E-state index contributed by atoms with van der Waals surface area (Å²) >= 11 is 0. The molecule has 3 rings (SSSR count). The number of carboxylic acid groups (broad SMARTS) is 1. The Kier molecular flexibility index (Phi) is 11.9.